The Hall–Kier alpha value is -3.06. The molecule has 0 radical (unpaired) electrons. The Kier molecular flexibility index (Phi) is 7.89. The normalized spacial score (nSPS) is 15.4. The minimum atomic E-state index is -0.517. The lowest BCUT2D eigenvalue weighted by Crippen LogP contribution is -2.45. The van der Waals surface area contributed by atoms with Gasteiger partial charge < -0.3 is 24.6 Å². The summed E-state index contributed by atoms with van der Waals surface area (Å²) in [6.07, 6.45) is 1.30. The lowest BCUT2D eigenvalue weighted by atomic mass is 10.1. The fourth-order valence-electron chi connectivity index (χ4n) is 3.42. The number of hydrogen-bond acceptors (Lipinski definition) is 5. The predicted octanol–water partition coefficient (Wildman–Crippen LogP) is 3.55. The van der Waals surface area contributed by atoms with Crippen LogP contribution in [0.4, 0.5) is 11.4 Å². The summed E-state index contributed by atoms with van der Waals surface area (Å²) < 4.78 is 11.4. The average molecular weight is 426 g/mol. The summed E-state index contributed by atoms with van der Waals surface area (Å²) in [5.74, 6) is 1.30. The number of para-hydroxylation sites is 1. The molecule has 31 heavy (non-hydrogen) atoms. The van der Waals surface area contributed by atoms with E-state index < -0.39 is 6.10 Å². The molecule has 2 aromatic carbocycles. The van der Waals surface area contributed by atoms with Crippen molar-refractivity contribution in [3.05, 3.63) is 48.5 Å². The maximum absolute atomic E-state index is 12.7. The van der Waals surface area contributed by atoms with Crippen molar-refractivity contribution in [3.8, 4) is 11.5 Å². The van der Waals surface area contributed by atoms with E-state index in [4.69, 9.17) is 9.47 Å². The van der Waals surface area contributed by atoms with Gasteiger partial charge >= 0.3 is 0 Å². The lowest BCUT2D eigenvalue weighted by molar-refractivity contribution is -0.125. The molecule has 7 nitrogen and oxygen atoms in total. The van der Waals surface area contributed by atoms with Crippen LogP contribution in [-0.2, 0) is 9.59 Å². The SMILES string of the molecule is CC1Oc2ccc(NC(=O)CCCOc3ccccc3)cc2N(CCCN(C)C)C1=O. The minimum Gasteiger partial charge on any atom is -0.494 e. The first-order valence-corrected chi connectivity index (χ1v) is 10.7. The maximum Gasteiger partial charge on any atom is 0.267 e. The third-order valence-electron chi connectivity index (χ3n) is 5.00. The van der Waals surface area contributed by atoms with Gasteiger partial charge in [0.25, 0.3) is 5.91 Å². The highest BCUT2D eigenvalue weighted by molar-refractivity contribution is 6.01. The van der Waals surface area contributed by atoms with E-state index in [9.17, 15) is 9.59 Å². The molecule has 3 rings (SSSR count). The highest BCUT2D eigenvalue weighted by Gasteiger charge is 2.31. The second-order valence-electron chi connectivity index (χ2n) is 7.90. The second kappa shape index (κ2) is 10.8. The zero-order chi connectivity index (χ0) is 22.2. The molecule has 0 aliphatic carbocycles. The molecule has 166 valence electrons. The molecule has 0 fully saturated rings. The van der Waals surface area contributed by atoms with Gasteiger partial charge in [-0.1, -0.05) is 18.2 Å². The molecule has 2 amide bonds. The Morgan fingerprint density at radius 3 is 2.68 bits per heavy atom. The van der Waals surface area contributed by atoms with Crippen LogP contribution in [0, 0.1) is 0 Å². The number of rotatable bonds is 10. The molecule has 1 unspecified atom stereocenters. The third-order valence-corrected chi connectivity index (χ3v) is 5.00. The van der Waals surface area contributed by atoms with Crippen molar-refractivity contribution in [1.29, 1.82) is 0 Å². The first-order valence-electron chi connectivity index (χ1n) is 10.7. The van der Waals surface area contributed by atoms with Crippen LogP contribution in [-0.4, -0.2) is 56.6 Å². The molecule has 0 bridgehead atoms. The van der Waals surface area contributed by atoms with Crippen molar-refractivity contribution < 1.29 is 19.1 Å². The summed E-state index contributed by atoms with van der Waals surface area (Å²) in [4.78, 5) is 28.9. The molecule has 1 N–H and O–H groups in total. The number of benzene rings is 2. The number of nitrogens with zero attached hydrogens (tertiary/aromatic N) is 2. The van der Waals surface area contributed by atoms with E-state index in [0.717, 1.165) is 18.7 Å². The molecule has 0 saturated heterocycles. The quantitative estimate of drug-likeness (QED) is 0.590. The summed E-state index contributed by atoms with van der Waals surface area (Å²) in [6, 6.07) is 15.0. The van der Waals surface area contributed by atoms with E-state index in [1.165, 1.54) is 0 Å². The fourth-order valence-corrected chi connectivity index (χ4v) is 3.42. The summed E-state index contributed by atoms with van der Waals surface area (Å²) in [7, 11) is 4.02. The van der Waals surface area contributed by atoms with E-state index in [0.29, 0.717) is 43.1 Å². The number of fused-ring (bicyclic) bond motifs is 1. The van der Waals surface area contributed by atoms with Crippen molar-refractivity contribution in [2.75, 3.05) is 44.0 Å². The minimum absolute atomic E-state index is 0.0622. The second-order valence-corrected chi connectivity index (χ2v) is 7.90. The van der Waals surface area contributed by atoms with Gasteiger partial charge in [0.05, 0.1) is 12.3 Å². The smallest absolute Gasteiger partial charge is 0.267 e. The number of carbonyl (C=O) groups excluding carboxylic acids is 2. The Morgan fingerprint density at radius 2 is 1.94 bits per heavy atom. The van der Waals surface area contributed by atoms with Gasteiger partial charge in [0.1, 0.15) is 11.5 Å². The zero-order valence-electron chi connectivity index (χ0n) is 18.5. The number of nitrogens with one attached hydrogen (secondary N) is 1. The molecule has 1 aliphatic rings. The Bertz CT molecular complexity index is 886. The summed E-state index contributed by atoms with van der Waals surface area (Å²) >= 11 is 0. The number of hydrogen-bond donors (Lipinski definition) is 1. The molecule has 1 heterocycles. The molecule has 1 atom stereocenters. The van der Waals surface area contributed by atoms with Gasteiger partial charge in [0, 0.05) is 18.7 Å². The van der Waals surface area contributed by atoms with Gasteiger partial charge in [-0.05, 0) is 70.7 Å². The van der Waals surface area contributed by atoms with E-state index in [-0.39, 0.29) is 11.8 Å². The summed E-state index contributed by atoms with van der Waals surface area (Å²) in [6.45, 7) is 3.72. The first-order chi connectivity index (χ1) is 14.9. The molecule has 0 aromatic heterocycles. The van der Waals surface area contributed by atoms with Gasteiger partial charge in [0.15, 0.2) is 6.10 Å². The highest BCUT2D eigenvalue weighted by Crippen LogP contribution is 2.36. The van der Waals surface area contributed by atoms with Crippen molar-refractivity contribution in [1.82, 2.24) is 4.90 Å². The lowest BCUT2D eigenvalue weighted by Gasteiger charge is -2.33. The van der Waals surface area contributed by atoms with Gasteiger partial charge in [-0.25, -0.2) is 0 Å². The number of anilines is 2. The summed E-state index contributed by atoms with van der Waals surface area (Å²) in [5, 5.41) is 2.92. The van der Waals surface area contributed by atoms with Crippen LogP contribution >= 0.6 is 0 Å². The standard InChI is InChI=1S/C24H31N3O4/c1-18-24(29)27(15-8-14-26(2)3)21-17-19(12-13-22(21)31-18)25-23(28)11-7-16-30-20-9-5-4-6-10-20/h4-6,9-10,12-13,17-18H,7-8,11,14-16H2,1-3H3,(H,25,28). The van der Waals surface area contributed by atoms with Crippen LogP contribution in [0.5, 0.6) is 11.5 Å². The highest BCUT2D eigenvalue weighted by atomic mass is 16.5. The Balaban J connectivity index is 1.56. The first kappa shape index (κ1) is 22.6. The van der Waals surface area contributed by atoms with Crippen molar-refractivity contribution in [2.24, 2.45) is 0 Å². The van der Waals surface area contributed by atoms with Crippen molar-refractivity contribution in [3.63, 3.8) is 0 Å². The van der Waals surface area contributed by atoms with E-state index in [2.05, 4.69) is 10.2 Å². The van der Waals surface area contributed by atoms with Gasteiger partial charge in [-0.15, -0.1) is 0 Å². The Morgan fingerprint density at radius 1 is 1.16 bits per heavy atom. The van der Waals surface area contributed by atoms with Crippen LogP contribution in [0.1, 0.15) is 26.2 Å². The molecule has 7 heteroatoms. The predicted molar refractivity (Wildman–Crippen MR) is 122 cm³/mol. The van der Waals surface area contributed by atoms with Crippen LogP contribution in [0.25, 0.3) is 0 Å². The average Bonchev–Trinajstić information content (AvgIpc) is 2.75. The number of carbonyl (C=O) groups is 2. The van der Waals surface area contributed by atoms with Gasteiger partial charge in [-0.3, -0.25) is 9.59 Å². The molecule has 2 aromatic rings. The third kappa shape index (κ3) is 6.46. The van der Waals surface area contributed by atoms with E-state index in [1.54, 1.807) is 17.9 Å². The van der Waals surface area contributed by atoms with Crippen LogP contribution < -0.4 is 19.7 Å². The van der Waals surface area contributed by atoms with E-state index in [1.807, 2.05) is 56.6 Å². The monoisotopic (exact) mass is 425 g/mol. The topological polar surface area (TPSA) is 71.1 Å². The molecule has 1 aliphatic heterocycles. The zero-order valence-corrected chi connectivity index (χ0v) is 18.5. The van der Waals surface area contributed by atoms with Crippen LogP contribution in [0.3, 0.4) is 0 Å². The molecular weight excluding hydrogens is 394 g/mol. The van der Waals surface area contributed by atoms with Crippen LogP contribution in [0.2, 0.25) is 0 Å². The van der Waals surface area contributed by atoms with Crippen molar-refractivity contribution >= 4 is 23.2 Å². The number of amides is 2. The van der Waals surface area contributed by atoms with Crippen molar-refractivity contribution in [2.45, 2.75) is 32.3 Å². The molecule has 0 spiro atoms. The fraction of sp³-hybridized carbons (Fsp3) is 0.417. The Labute approximate surface area is 183 Å². The van der Waals surface area contributed by atoms with Gasteiger partial charge in [-0.2, -0.15) is 0 Å². The van der Waals surface area contributed by atoms with E-state index >= 15 is 0 Å². The largest absolute Gasteiger partial charge is 0.494 e. The van der Waals surface area contributed by atoms with Crippen LogP contribution in [0.15, 0.2) is 48.5 Å². The maximum atomic E-state index is 12.7. The van der Waals surface area contributed by atoms with Gasteiger partial charge in [0.2, 0.25) is 5.91 Å². The summed E-state index contributed by atoms with van der Waals surface area (Å²) in [5.41, 5.74) is 1.35. The molecular formula is C24H31N3O4. The molecule has 0 saturated carbocycles. The number of ether oxygens (including phenoxy) is 2.